The molecule has 2 heterocycles. The second-order valence-electron chi connectivity index (χ2n) is 7.43. The zero-order valence-electron chi connectivity index (χ0n) is 17.2. The molecule has 0 N–H and O–H groups in total. The van der Waals surface area contributed by atoms with E-state index in [2.05, 4.69) is 10.1 Å². The lowest BCUT2D eigenvalue weighted by Crippen LogP contribution is -2.35. The van der Waals surface area contributed by atoms with E-state index in [1.54, 1.807) is 59.6 Å². The topological polar surface area (TPSA) is 68.1 Å². The Bertz CT molecular complexity index is 1280. The molecule has 1 amide bonds. The minimum atomic E-state index is -0.321. The molecule has 0 aliphatic heterocycles. The van der Waals surface area contributed by atoms with E-state index in [1.165, 1.54) is 4.68 Å². The molecule has 0 bridgehead atoms. The quantitative estimate of drug-likeness (QED) is 0.451. The van der Waals surface area contributed by atoms with Crippen molar-refractivity contribution in [3.05, 3.63) is 99.7 Å². The molecule has 0 aliphatic rings. The predicted molar refractivity (Wildman–Crippen MR) is 123 cm³/mol. The third kappa shape index (κ3) is 4.20. The fraction of sp³-hybridized carbons (Fsp3) is 0.167. The Morgan fingerprint density at radius 2 is 1.68 bits per heavy atom. The van der Waals surface area contributed by atoms with Gasteiger partial charge in [0.15, 0.2) is 5.69 Å². The number of hydrogen-bond acceptors (Lipinski definition) is 4. The van der Waals surface area contributed by atoms with Crippen LogP contribution in [0.5, 0.6) is 0 Å². The van der Waals surface area contributed by atoms with Crippen LogP contribution in [0.1, 0.15) is 36.1 Å². The van der Waals surface area contributed by atoms with Gasteiger partial charge in [-0.05, 0) is 56.3 Å². The molecular formula is C24H21ClN4O2. The van der Waals surface area contributed by atoms with Crippen molar-refractivity contribution in [2.24, 2.45) is 0 Å². The molecule has 0 saturated heterocycles. The van der Waals surface area contributed by atoms with Crippen molar-refractivity contribution >= 4 is 34.0 Å². The monoisotopic (exact) mass is 432 g/mol. The Kier molecular flexibility index (Phi) is 5.82. The highest BCUT2D eigenvalue weighted by molar-refractivity contribution is 6.30. The van der Waals surface area contributed by atoms with Gasteiger partial charge >= 0.3 is 0 Å². The van der Waals surface area contributed by atoms with Gasteiger partial charge in [-0.15, -0.1) is 0 Å². The fourth-order valence-electron chi connectivity index (χ4n) is 3.40. The summed E-state index contributed by atoms with van der Waals surface area (Å²) in [6.45, 7) is 3.97. The Balaban J connectivity index is 1.89. The Hall–Kier alpha value is -3.51. The first-order chi connectivity index (χ1) is 15.0. The van der Waals surface area contributed by atoms with Gasteiger partial charge in [0.2, 0.25) is 0 Å². The van der Waals surface area contributed by atoms with Gasteiger partial charge < -0.3 is 4.90 Å². The highest BCUT2D eigenvalue weighted by Crippen LogP contribution is 2.24. The van der Waals surface area contributed by atoms with Crippen LogP contribution in [0.3, 0.4) is 0 Å². The van der Waals surface area contributed by atoms with Crippen molar-refractivity contribution in [3.63, 3.8) is 0 Å². The van der Waals surface area contributed by atoms with Crippen LogP contribution in [0.25, 0.3) is 10.8 Å². The van der Waals surface area contributed by atoms with Gasteiger partial charge in [-0.25, -0.2) is 4.68 Å². The van der Waals surface area contributed by atoms with Crippen LogP contribution in [0.15, 0.2) is 77.7 Å². The van der Waals surface area contributed by atoms with E-state index in [-0.39, 0.29) is 29.7 Å². The fourth-order valence-corrected chi connectivity index (χ4v) is 3.52. The number of nitrogens with zero attached hydrogens (tertiary/aromatic N) is 4. The van der Waals surface area contributed by atoms with Crippen molar-refractivity contribution in [2.75, 3.05) is 4.90 Å². The highest BCUT2D eigenvalue weighted by Gasteiger charge is 2.24. The predicted octanol–water partition coefficient (Wildman–Crippen LogP) is 4.87. The molecule has 0 atom stereocenters. The van der Waals surface area contributed by atoms with E-state index in [1.807, 2.05) is 32.0 Å². The van der Waals surface area contributed by atoms with Crippen LogP contribution < -0.4 is 10.5 Å². The molecule has 156 valence electrons. The lowest BCUT2D eigenvalue weighted by molar-refractivity contribution is 0.0979. The van der Waals surface area contributed by atoms with Crippen molar-refractivity contribution < 1.29 is 4.79 Å². The average Bonchev–Trinajstić information content (AvgIpc) is 2.79. The average molecular weight is 433 g/mol. The zero-order valence-corrected chi connectivity index (χ0v) is 18.0. The highest BCUT2D eigenvalue weighted by atomic mass is 35.5. The van der Waals surface area contributed by atoms with Gasteiger partial charge in [-0.2, -0.15) is 5.10 Å². The minimum Gasteiger partial charge on any atom is -0.301 e. The summed E-state index contributed by atoms with van der Waals surface area (Å²) < 4.78 is 1.36. The second kappa shape index (κ2) is 8.70. The molecule has 6 nitrogen and oxygen atoms in total. The first kappa shape index (κ1) is 20.8. The lowest BCUT2D eigenvalue weighted by atomic mass is 10.1. The standard InChI is InChI=1S/C24H21ClN4O2/c1-16(2)29-23(30)21-9-4-3-8-20(21)22(27-29)24(31)28(15-18-7-5-6-14-26-18)19-12-10-17(25)11-13-19/h3-14,16H,15H2,1-2H3. The van der Waals surface area contributed by atoms with E-state index in [0.29, 0.717) is 21.5 Å². The Morgan fingerprint density at radius 1 is 1.00 bits per heavy atom. The van der Waals surface area contributed by atoms with Gasteiger partial charge in [-0.3, -0.25) is 14.6 Å². The molecule has 4 aromatic rings. The van der Waals surface area contributed by atoms with Crippen LogP contribution in [-0.4, -0.2) is 20.7 Å². The van der Waals surface area contributed by atoms with E-state index in [0.717, 1.165) is 5.69 Å². The molecule has 0 aliphatic carbocycles. The number of halogens is 1. The first-order valence-corrected chi connectivity index (χ1v) is 10.3. The normalized spacial score (nSPS) is 11.1. The molecule has 7 heteroatoms. The van der Waals surface area contributed by atoms with Gasteiger partial charge in [0.05, 0.1) is 23.7 Å². The molecule has 0 saturated carbocycles. The summed E-state index contributed by atoms with van der Waals surface area (Å²) in [5.74, 6) is -0.321. The number of benzene rings is 2. The van der Waals surface area contributed by atoms with E-state index in [4.69, 9.17) is 11.6 Å². The maximum Gasteiger partial charge on any atom is 0.279 e. The minimum absolute atomic E-state index is 0.191. The van der Waals surface area contributed by atoms with Crippen molar-refractivity contribution in [3.8, 4) is 0 Å². The third-order valence-electron chi connectivity index (χ3n) is 4.95. The number of fused-ring (bicyclic) bond motifs is 1. The number of pyridine rings is 1. The molecule has 0 spiro atoms. The van der Waals surface area contributed by atoms with Gasteiger partial charge in [0.1, 0.15) is 0 Å². The number of amides is 1. The molecule has 0 fully saturated rings. The summed E-state index contributed by atoms with van der Waals surface area (Å²) in [4.78, 5) is 32.7. The molecule has 2 aromatic heterocycles. The first-order valence-electron chi connectivity index (χ1n) is 9.94. The van der Waals surface area contributed by atoms with E-state index in [9.17, 15) is 9.59 Å². The van der Waals surface area contributed by atoms with Crippen LogP contribution >= 0.6 is 11.6 Å². The summed E-state index contributed by atoms with van der Waals surface area (Å²) in [6, 6.07) is 19.5. The SMILES string of the molecule is CC(C)n1nc(C(=O)N(Cc2ccccn2)c2ccc(Cl)cc2)c2ccccc2c1=O. The number of hydrogen-bond donors (Lipinski definition) is 0. The summed E-state index contributed by atoms with van der Waals surface area (Å²) in [5.41, 5.74) is 1.39. The zero-order chi connectivity index (χ0) is 22.0. The maximum absolute atomic E-state index is 13.8. The van der Waals surface area contributed by atoms with Crippen LogP contribution in [-0.2, 0) is 6.54 Å². The Labute approximate surface area is 184 Å². The number of carbonyl (C=O) groups excluding carboxylic acids is 1. The summed E-state index contributed by atoms with van der Waals surface area (Å²) >= 11 is 6.06. The molecule has 2 aromatic carbocycles. The smallest absolute Gasteiger partial charge is 0.279 e. The van der Waals surface area contributed by atoms with E-state index >= 15 is 0 Å². The van der Waals surface area contributed by atoms with Crippen LogP contribution in [0, 0.1) is 0 Å². The largest absolute Gasteiger partial charge is 0.301 e. The van der Waals surface area contributed by atoms with Gasteiger partial charge in [0.25, 0.3) is 11.5 Å². The Morgan fingerprint density at radius 3 is 2.32 bits per heavy atom. The van der Waals surface area contributed by atoms with Crippen LogP contribution in [0.2, 0.25) is 5.02 Å². The number of carbonyl (C=O) groups is 1. The van der Waals surface area contributed by atoms with Crippen molar-refractivity contribution in [2.45, 2.75) is 26.4 Å². The number of anilines is 1. The number of aromatic nitrogens is 3. The number of rotatable bonds is 5. The van der Waals surface area contributed by atoms with Gasteiger partial charge in [0, 0.05) is 22.3 Å². The maximum atomic E-state index is 13.8. The second-order valence-corrected chi connectivity index (χ2v) is 7.86. The summed E-state index contributed by atoms with van der Waals surface area (Å²) in [6.07, 6.45) is 1.69. The summed E-state index contributed by atoms with van der Waals surface area (Å²) in [7, 11) is 0. The molecule has 31 heavy (non-hydrogen) atoms. The van der Waals surface area contributed by atoms with Crippen LogP contribution in [0.4, 0.5) is 5.69 Å². The molecular weight excluding hydrogens is 412 g/mol. The summed E-state index contributed by atoms with van der Waals surface area (Å²) in [5, 5.41) is 6.03. The van der Waals surface area contributed by atoms with Crippen molar-refractivity contribution in [1.82, 2.24) is 14.8 Å². The molecule has 0 radical (unpaired) electrons. The lowest BCUT2D eigenvalue weighted by Gasteiger charge is -2.23. The van der Waals surface area contributed by atoms with E-state index < -0.39 is 0 Å². The molecule has 4 rings (SSSR count). The third-order valence-corrected chi connectivity index (χ3v) is 5.20. The molecule has 0 unspecified atom stereocenters. The van der Waals surface area contributed by atoms with Crippen molar-refractivity contribution in [1.29, 1.82) is 0 Å². The van der Waals surface area contributed by atoms with Gasteiger partial charge in [-0.1, -0.05) is 35.9 Å².